The maximum Gasteiger partial charge on any atom is 0.0633 e. The lowest BCUT2D eigenvalue weighted by atomic mass is 9.95. The summed E-state index contributed by atoms with van der Waals surface area (Å²) < 4.78 is 5.64. The standard InChI is InChI=1S/C18H31NO3/c19-18(15-20,16-21)12-6-1-2-7-13-22-14-8-11-17-9-4-3-5-10-17/h3-5,9-10,20-21H,1-2,6-8,11-16,19H2. The molecule has 0 aliphatic heterocycles. The first kappa shape index (κ1) is 19.1. The van der Waals surface area contributed by atoms with Gasteiger partial charge in [0.15, 0.2) is 0 Å². The molecule has 4 nitrogen and oxygen atoms in total. The Balaban J connectivity index is 1.88. The molecular weight excluding hydrogens is 278 g/mol. The third kappa shape index (κ3) is 8.49. The number of hydrogen-bond donors (Lipinski definition) is 3. The maximum atomic E-state index is 9.09. The third-order valence-corrected chi connectivity index (χ3v) is 3.94. The Labute approximate surface area is 134 Å². The van der Waals surface area contributed by atoms with Gasteiger partial charge in [-0.2, -0.15) is 0 Å². The first-order valence-corrected chi connectivity index (χ1v) is 8.32. The Kier molecular flexibility index (Phi) is 10.1. The van der Waals surface area contributed by atoms with E-state index in [0.29, 0.717) is 6.42 Å². The van der Waals surface area contributed by atoms with Crippen molar-refractivity contribution in [2.45, 2.75) is 50.5 Å². The first-order valence-electron chi connectivity index (χ1n) is 8.32. The number of benzene rings is 1. The largest absolute Gasteiger partial charge is 0.394 e. The Bertz CT molecular complexity index is 366. The summed E-state index contributed by atoms with van der Waals surface area (Å²) in [5.74, 6) is 0. The van der Waals surface area contributed by atoms with Crippen molar-refractivity contribution in [3.8, 4) is 0 Å². The molecule has 0 saturated carbocycles. The molecule has 1 rings (SSSR count). The third-order valence-electron chi connectivity index (χ3n) is 3.94. The van der Waals surface area contributed by atoms with Gasteiger partial charge in [0.25, 0.3) is 0 Å². The zero-order valence-electron chi connectivity index (χ0n) is 13.5. The van der Waals surface area contributed by atoms with Crippen molar-refractivity contribution in [2.24, 2.45) is 5.73 Å². The van der Waals surface area contributed by atoms with Gasteiger partial charge in [0.2, 0.25) is 0 Å². The Morgan fingerprint density at radius 3 is 2.18 bits per heavy atom. The Morgan fingerprint density at radius 2 is 1.50 bits per heavy atom. The molecule has 0 fully saturated rings. The summed E-state index contributed by atoms with van der Waals surface area (Å²) in [5, 5.41) is 18.2. The molecule has 1 aromatic carbocycles. The number of aliphatic hydroxyl groups excluding tert-OH is 2. The molecule has 0 aliphatic rings. The van der Waals surface area contributed by atoms with E-state index in [4.69, 9.17) is 20.7 Å². The minimum atomic E-state index is -0.812. The summed E-state index contributed by atoms with van der Waals surface area (Å²) in [6.07, 6.45) is 6.96. The van der Waals surface area contributed by atoms with Crippen molar-refractivity contribution < 1.29 is 14.9 Å². The molecular formula is C18H31NO3. The number of hydrogen-bond acceptors (Lipinski definition) is 4. The Hall–Kier alpha value is -0.940. The van der Waals surface area contributed by atoms with E-state index in [1.165, 1.54) is 5.56 Å². The predicted molar refractivity (Wildman–Crippen MR) is 89.8 cm³/mol. The lowest BCUT2D eigenvalue weighted by molar-refractivity contribution is 0.110. The van der Waals surface area contributed by atoms with E-state index in [2.05, 4.69) is 24.3 Å². The van der Waals surface area contributed by atoms with Crippen LogP contribution in [0.1, 0.15) is 44.1 Å². The number of aryl methyl sites for hydroxylation is 1. The van der Waals surface area contributed by atoms with Gasteiger partial charge in [-0.1, -0.05) is 49.6 Å². The average molecular weight is 309 g/mol. The minimum absolute atomic E-state index is 0.159. The van der Waals surface area contributed by atoms with Gasteiger partial charge in [0, 0.05) is 13.2 Å². The van der Waals surface area contributed by atoms with Crippen molar-refractivity contribution in [1.82, 2.24) is 0 Å². The van der Waals surface area contributed by atoms with Crippen LogP contribution < -0.4 is 5.73 Å². The lowest BCUT2D eigenvalue weighted by Gasteiger charge is -2.24. The average Bonchev–Trinajstić information content (AvgIpc) is 2.57. The zero-order chi connectivity index (χ0) is 16.1. The SMILES string of the molecule is NC(CO)(CO)CCCCCCOCCCc1ccccc1. The molecule has 4 N–H and O–H groups in total. The van der Waals surface area contributed by atoms with E-state index in [1.54, 1.807) is 0 Å². The second-order valence-corrected chi connectivity index (χ2v) is 6.04. The van der Waals surface area contributed by atoms with Gasteiger partial charge < -0.3 is 20.7 Å². The van der Waals surface area contributed by atoms with Crippen LogP contribution in [-0.2, 0) is 11.2 Å². The summed E-state index contributed by atoms with van der Waals surface area (Å²) in [7, 11) is 0. The predicted octanol–water partition coefficient (Wildman–Crippen LogP) is 2.27. The molecule has 1 aromatic rings. The van der Waals surface area contributed by atoms with Crippen LogP contribution in [0.25, 0.3) is 0 Å². The van der Waals surface area contributed by atoms with Gasteiger partial charge in [-0.15, -0.1) is 0 Å². The second-order valence-electron chi connectivity index (χ2n) is 6.04. The van der Waals surface area contributed by atoms with Gasteiger partial charge in [0.1, 0.15) is 0 Å². The molecule has 0 spiro atoms. The van der Waals surface area contributed by atoms with E-state index in [1.807, 2.05) is 6.07 Å². The van der Waals surface area contributed by atoms with E-state index < -0.39 is 5.54 Å². The van der Waals surface area contributed by atoms with Crippen LogP contribution in [0.2, 0.25) is 0 Å². The highest BCUT2D eigenvalue weighted by molar-refractivity contribution is 5.14. The fourth-order valence-electron chi connectivity index (χ4n) is 2.37. The van der Waals surface area contributed by atoms with Crippen LogP contribution >= 0.6 is 0 Å². The smallest absolute Gasteiger partial charge is 0.0633 e. The molecule has 0 aliphatic carbocycles. The second kappa shape index (κ2) is 11.6. The van der Waals surface area contributed by atoms with Crippen LogP contribution in [-0.4, -0.2) is 42.2 Å². The number of ether oxygens (including phenoxy) is 1. The highest BCUT2D eigenvalue weighted by Gasteiger charge is 2.21. The van der Waals surface area contributed by atoms with Crippen LogP contribution in [0.3, 0.4) is 0 Å². The summed E-state index contributed by atoms with van der Waals surface area (Å²) in [4.78, 5) is 0. The highest BCUT2D eigenvalue weighted by atomic mass is 16.5. The molecule has 0 saturated heterocycles. The summed E-state index contributed by atoms with van der Waals surface area (Å²) in [5.41, 5.74) is 6.37. The normalized spacial score (nSPS) is 11.8. The van der Waals surface area contributed by atoms with Crippen molar-refractivity contribution in [1.29, 1.82) is 0 Å². The molecule has 0 amide bonds. The van der Waals surface area contributed by atoms with Crippen molar-refractivity contribution >= 4 is 0 Å². The van der Waals surface area contributed by atoms with Gasteiger partial charge in [-0.3, -0.25) is 0 Å². The van der Waals surface area contributed by atoms with Crippen molar-refractivity contribution in [2.75, 3.05) is 26.4 Å². The topological polar surface area (TPSA) is 75.7 Å². The molecule has 22 heavy (non-hydrogen) atoms. The zero-order valence-corrected chi connectivity index (χ0v) is 13.5. The highest BCUT2D eigenvalue weighted by Crippen LogP contribution is 2.12. The summed E-state index contributed by atoms with van der Waals surface area (Å²) in [6.45, 7) is 1.31. The molecule has 0 unspecified atom stereocenters. The van der Waals surface area contributed by atoms with Crippen LogP contribution in [0.4, 0.5) is 0 Å². The van der Waals surface area contributed by atoms with E-state index in [-0.39, 0.29) is 13.2 Å². The maximum absolute atomic E-state index is 9.09. The van der Waals surface area contributed by atoms with E-state index in [9.17, 15) is 0 Å². The van der Waals surface area contributed by atoms with Gasteiger partial charge in [0.05, 0.1) is 18.8 Å². The van der Waals surface area contributed by atoms with Crippen molar-refractivity contribution in [3.63, 3.8) is 0 Å². The molecule has 126 valence electrons. The van der Waals surface area contributed by atoms with Crippen LogP contribution in [0.5, 0.6) is 0 Å². The number of aliphatic hydroxyl groups is 2. The molecule has 0 aromatic heterocycles. The first-order chi connectivity index (χ1) is 10.7. The van der Waals surface area contributed by atoms with Gasteiger partial charge in [-0.25, -0.2) is 0 Å². The summed E-state index contributed by atoms with van der Waals surface area (Å²) in [6, 6.07) is 10.5. The van der Waals surface area contributed by atoms with Gasteiger partial charge in [-0.05, 0) is 31.2 Å². The number of nitrogens with two attached hydrogens (primary N) is 1. The summed E-state index contributed by atoms with van der Waals surface area (Å²) >= 11 is 0. The lowest BCUT2D eigenvalue weighted by Crippen LogP contribution is -2.47. The van der Waals surface area contributed by atoms with Crippen LogP contribution in [0.15, 0.2) is 30.3 Å². The fraction of sp³-hybridized carbons (Fsp3) is 0.667. The molecule has 0 radical (unpaired) electrons. The number of rotatable bonds is 13. The minimum Gasteiger partial charge on any atom is -0.394 e. The molecule has 4 heteroatoms. The monoisotopic (exact) mass is 309 g/mol. The molecule has 0 bridgehead atoms. The van der Waals surface area contributed by atoms with Crippen LogP contribution in [0, 0.1) is 0 Å². The Morgan fingerprint density at radius 1 is 0.864 bits per heavy atom. The number of unbranched alkanes of at least 4 members (excludes halogenated alkanes) is 3. The van der Waals surface area contributed by atoms with E-state index in [0.717, 1.165) is 51.7 Å². The quantitative estimate of drug-likeness (QED) is 0.489. The van der Waals surface area contributed by atoms with E-state index >= 15 is 0 Å². The fourth-order valence-corrected chi connectivity index (χ4v) is 2.37. The van der Waals surface area contributed by atoms with Crippen molar-refractivity contribution in [3.05, 3.63) is 35.9 Å². The molecule has 0 atom stereocenters. The van der Waals surface area contributed by atoms with Gasteiger partial charge >= 0.3 is 0 Å². The molecule has 0 heterocycles.